The van der Waals surface area contributed by atoms with E-state index in [9.17, 15) is 4.79 Å². The molecule has 0 aromatic rings. The Balaban J connectivity index is 2.18. The van der Waals surface area contributed by atoms with Crippen LogP contribution in [0.1, 0.15) is 32.6 Å². The van der Waals surface area contributed by atoms with Crippen molar-refractivity contribution < 1.29 is 9.53 Å². The molecule has 0 bridgehead atoms. The summed E-state index contributed by atoms with van der Waals surface area (Å²) in [5.41, 5.74) is 1.45. The normalized spacial score (nSPS) is 16.6. The van der Waals surface area contributed by atoms with Crippen LogP contribution in [0, 0.1) is 0 Å². The van der Waals surface area contributed by atoms with E-state index in [4.69, 9.17) is 4.74 Å². The summed E-state index contributed by atoms with van der Waals surface area (Å²) in [4.78, 5) is 10.4. The van der Waals surface area contributed by atoms with Crippen molar-refractivity contribution in [3.8, 4) is 0 Å². The van der Waals surface area contributed by atoms with Gasteiger partial charge in [0.1, 0.15) is 6.61 Å². The highest BCUT2D eigenvalue weighted by atomic mass is 16.5. The first-order chi connectivity index (χ1) is 5.29. The number of carbonyl (C=O) groups is 1. The van der Waals surface area contributed by atoms with Crippen molar-refractivity contribution in [1.82, 2.24) is 0 Å². The number of rotatable bonds is 2. The molecule has 0 aliphatic heterocycles. The van der Waals surface area contributed by atoms with Crippen molar-refractivity contribution in [3.05, 3.63) is 11.6 Å². The molecule has 2 heteroatoms. The second kappa shape index (κ2) is 4.16. The fraction of sp³-hybridized carbons (Fsp3) is 0.667. The van der Waals surface area contributed by atoms with Crippen molar-refractivity contribution >= 4 is 5.97 Å². The summed E-state index contributed by atoms with van der Waals surface area (Å²) < 4.78 is 4.79. The third kappa shape index (κ3) is 3.21. The third-order valence-electron chi connectivity index (χ3n) is 1.90. The Morgan fingerprint density at radius 1 is 1.55 bits per heavy atom. The van der Waals surface area contributed by atoms with E-state index in [1.807, 2.05) is 6.08 Å². The van der Waals surface area contributed by atoms with Crippen LogP contribution in [0.4, 0.5) is 0 Å². The van der Waals surface area contributed by atoms with E-state index in [-0.39, 0.29) is 5.97 Å². The Bertz CT molecular complexity index is 162. The summed E-state index contributed by atoms with van der Waals surface area (Å²) in [5.74, 6) is -0.195. The Morgan fingerprint density at radius 2 is 2.18 bits per heavy atom. The van der Waals surface area contributed by atoms with Gasteiger partial charge >= 0.3 is 5.97 Å². The lowest BCUT2D eigenvalue weighted by molar-refractivity contribution is -0.139. The highest BCUT2D eigenvalue weighted by Crippen LogP contribution is 2.23. The molecule has 62 valence electrons. The largest absolute Gasteiger partial charge is 0.462 e. The maximum atomic E-state index is 10.4. The van der Waals surface area contributed by atoms with Gasteiger partial charge in [-0.25, -0.2) is 0 Å². The molecule has 0 saturated heterocycles. The monoisotopic (exact) mass is 154 g/mol. The minimum atomic E-state index is -0.195. The smallest absolute Gasteiger partial charge is 0.302 e. The van der Waals surface area contributed by atoms with Gasteiger partial charge in [-0.2, -0.15) is 0 Å². The third-order valence-corrected chi connectivity index (χ3v) is 1.90. The van der Waals surface area contributed by atoms with Crippen LogP contribution in [0.15, 0.2) is 11.6 Å². The molecule has 0 heterocycles. The Kier molecular flexibility index (Phi) is 3.14. The van der Waals surface area contributed by atoms with E-state index >= 15 is 0 Å². The fourth-order valence-electron chi connectivity index (χ4n) is 1.31. The Hall–Kier alpha value is -0.790. The topological polar surface area (TPSA) is 26.3 Å². The predicted molar refractivity (Wildman–Crippen MR) is 43.2 cm³/mol. The molecule has 0 unspecified atom stereocenters. The van der Waals surface area contributed by atoms with Crippen LogP contribution in [-0.2, 0) is 9.53 Å². The molecular weight excluding hydrogens is 140 g/mol. The standard InChI is InChI=1S/C9H14O2/c1-8(10)11-7-6-9-4-2-3-5-9/h6H,2-5,7H2,1H3. The molecule has 1 rings (SSSR count). The number of ether oxygens (including phenoxy) is 1. The van der Waals surface area contributed by atoms with Crippen LogP contribution >= 0.6 is 0 Å². The van der Waals surface area contributed by atoms with Gasteiger partial charge in [0.25, 0.3) is 0 Å². The van der Waals surface area contributed by atoms with Gasteiger partial charge in [0.2, 0.25) is 0 Å². The average molecular weight is 154 g/mol. The van der Waals surface area contributed by atoms with Gasteiger partial charge in [0.15, 0.2) is 0 Å². The molecule has 0 atom stereocenters. The summed E-state index contributed by atoms with van der Waals surface area (Å²) in [6, 6.07) is 0. The van der Waals surface area contributed by atoms with Gasteiger partial charge in [-0.05, 0) is 31.8 Å². The van der Waals surface area contributed by atoms with Crippen molar-refractivity contribution in [2.24, 2.45) is 0 Å². The summed E-state index contributed by atoms with van der Waals surface area (Å²) >= 11 is 0. The molecule has 0 amide bonds. The first-order valence-corrected chi connectivity index (χ1v) is 4.10. The molecule has 1 saturated carbocycles. The van der Waals surface area contributed by atoms with Gasteiger partial charge < -0.3 is 4.74 Å². The summed E-state index contributed by atoms with van der Waals surface area (Å²) in [5, 5.41) is 0. The zero-order chi connectivity index (χ0) is 8.10. The van der Waals surface area contributed by atoms with Gasteiger partial charge in [-0.3, -0.25) is 4.79 Å². The molecular formula is C9H14O2. The first-order valence-electron chi connectivity index (χ1n) is 4.10. The summed E-state index contributed by atoms with van der Waals surface area (Å²) in [6.07, 6.45) is 7.02. The predicted octanol–water partition coefficient (Wildman–Crippen LogP) is 2.05. The van der Waals surface area contributed by atoms with Crippen LogP contribution in [0.25, 0.3) is 0 Å². The molecule has 0 radical (unpaired) electrons. The number of allylic oxidation sites excluding steroid dienone is 1. The number of hydrogen-bond acceptors (Lipinski definition) is 2. The lowest BCUT2D eigenvalue weighted by Crippen LogP contribution is -1.98. The van der Waals surface area contributed by atoms with Crippen molar-refractivity contribution in [2.75, 3.05) is 6.61 Å². The summed E-state index contributed by atoms with van der Waals surface area (Å²) in [7, 11) is 0. The zero-order valence-corrected chi connectivity index (χ0v) is 6.93. The average Bonchev–Trinajstić information content (AvgIpc) is 2.39. The highest BCUT2D eigenvalue weighted by Gasteiger charge is 2.05. The lowest BCUT2D eigenvalue weighted by atomic mass is 10.2. The van der Waals surface area contributed by atoms with Gasteiger partial charge in [-0.1, -0.05) is 5.57 Å². The van der Waals surface area contributed by atoms with Crippen LogP contribution in [0.3, 0.4) is 0 Å². The maximum Gasteiger partial charge on any atom is 0.302 e. The van der Waals surface area contributed by atoms with Gasteiger partial charge in [0.05, 0.1) is 0 Å². The SMILES string of the molecule is CC(=O)OCC=C1CCCC1. The van der Waals surface area contributed by atoms with Crippen molar-refractivity contribution in [3.63, 3.8) is 0 Å². The summed E-state index contributed by atoms with van der Waals surface area (Å²) in [6.45, 7) is 1.90. The number of esters is 1. The van der Waals surface area contributed by atoms with E-state index in [2.05, 4.69) is 0 Å². The number of hydrogen-bond donors (Lipinski definition) is 0. The molecule has 11 heavy (non-hydrogen) atoms. The van der Waals surface area contributed by atoms with Gasteiger partial charge in [-0.15, -0.1) is 0 Å². The van der Waals surface area contributed by atoms with Gasteiger partial charge in [0, 0.05) is 6.92 Å². The molecule has 2 nitrogen and oxygen atoms in total. The molecule has 1 aliphatic rings. The van der Waals surface area contributed by atoms with Crippen molar-refractivity contribution in [2.45, 2.75) is 32.6 Å². The van der Waals surface area contributed by atoms with E-state index in [1.165, 1.54) is 38.2 Å². The zero-order valence-electron chi connectivity index (χ0n) is 6.93. The minimum absolute atomic E-state index is 0.195. The second-order valence-corrected chi connectivity index (χ2v) is 2.87. The molecule has 0 N–H and O–H groups in total. The first kappa shape index (κ1) is 8.31. The van der Waals surface area contributed by atoms with Crippen LogP contribution in [0.5, 0.6) is 0 Å². The molecule has 1 fully saturated rings. The molecule has 0 aromatic carbocycles. The molecule has 0 spiro atoms. The van der Waals surface area contributed by atoms with E-state index < -0.39 is 0 Å². The van der Waals surface area contributed by atoms with Crippen molar-refractivity contribution in [1.29, 1.82) is 0 Å². The maximum absolute atomic E-state index is 10.4. The Labute approximate surface area is 67.2 Å². The molecule has 0 aromatic heterocycles. The lowest BCUT2D eigenvalue weighted by Gasteiger charge is -1.97. The minimum Gasteiger partial charge on any atom is -0.462 e. The van der Waals surface area contributed by atoms with Crippen LogP contribution < -0.4 is 0 Å². The quantitative estimate of drug-likeness (QED) is 0.449. The van der Waals surface area contributed by atoms with E-state index in [1.54, 1.807) is 0 Å². The highest BCUT2D eigenvalue weighted by molar-refractivity contribution is 5.66. The number of carbonyl (C=O) groups excluding carboxylic acids is 1. The second-order valence-electron chi connectivity index (χ2n) is 2.87. The molecule has 1 aliphatic carbocycles. The van der Waals surface area contributed by atoms with Crippen LogP contribution in [0.2, 0.25) is 0 Å². The Morgan fingerprint density at radius 3 is 2.73 bits per heavy atom. The van der Waals surface area contributed by atoms with Crippen LogP contribution in [-0.4, -0.2) is 12.6 Å². The fourth-order valence-corrected chi connectivity index (χ4v) is 1.31. The van der Waals surface area contributed by atoms with E-state index in [0.717, 1.165) is 0 Å². The van der Waals surface area contributed by atoms with E-state index in [0.29, 0.717) is 6.61 Å².